The summed E-state index contributed by atoms with van der Waals surface area (Å²) in [6.07, 6.45) is 4.64. The van der Waals surface area contributed by atoms with Crippen molar-refractivity contribution in [3.8, 4) is 0 Å². The smallest absolute Gasteiger partial charge is 0.191 e. The molecule has 1 aromatic heterocycles. The van der Waals surface area contributed by atoms with Gasteiger partial charge in [0.2, 0.25) is 0 Å². The summed E-state index contributed by atoms with van der Waals surface area (Å²) in [5.41, 5.74) is 1.17. The van der Waals surface area contributed by atoms with Crippen LogP contribution in [0.2, 0.25) is 0 Å². The molecule has 2 N–H and O–H groups in total. The molecule has 22 heavy (non-hydrogen) atoms. The molecule has 1 fully saturated rings. The summed E-state index contributed by atoms with van der Waals surface area (Å²) in [5.74, 6) is 2.76. The third-order valence-corrected chi connectivity index (χ3v) is 3.84. The first-order valence-electron chi connectivity index (χ1n) is 7.91. The highest BCUT2D eigenvalue weighted by Gasteiger charge is 2.20. The Balaban J connectivity index is 0.00000242. The number of nitrogens with one attached hydrogen (secondary N) is 2. The maximum atomic E-state index is 4.53. The van der Waals surface area contributed by atoms with Crippen LogP contribution in [-0.2, 0) is 6.54 Å². The molecule has 124 valence electrons. The van der Waals surface area contributed by atoms with E-state index in [0.29, 0.717) is 0 Å². The van der Waals surface area contributed by atoms with E-state index in [1.54, 1.807) is 0 Å². The number of hydrogen-bond acceptors (Lipinski definition) is 3. The fraction of sp³-hybridized carbons (Fsp3) is 0.625. The zero-order valence-corrected chi connectivity index (χ0v) is 16.1. The highest BCUT2D eigenvalue weighted by atomic mass is 127. The molecular weight excluding hydrogens is 389 g/mol. The maximum Gasteiger partial charge on any atom is 0.191 e. The van der Waals surface area contributed by atoms with E-state index in [9.17, 15) is 0 Å². The Bertz CT molecular complexity index is 452. The van der Waals surface area contributed by atoms with Crippen LogP contribution in [0.25, 0.3) is 0 Å². The summed E-state index contributed by atoms with van der Waals surface area (Å²) >= 11 is 0. The standard InChI is InChI=1S/C16H27N5.HI/c1-4-21(5-2)15-9-8-14(11-18-15)12-20-16(17-3)19-10-13-6-7-13;/h8-9,11,13H,4-7,10,12H2,1-3H3,(H2,17,19,20);1H. The molecule has 0 aliphatic heterocycles. The van der Waals surface area contributed by atoms with Crippen LogP contribution in [0.5, 0.6) is 0 Å². The maximum absolute atomic E-state index is 4.53. The van der Waals surface area contributed by atoms with Crippen molar-refractivity contribution in [2.75, 3.05) is 31.6 Å². The zero-order valence-electron chi connectivity index (χ0n) is 13.8. The van der Waals surface area contributed by atoms with Crippen molar-refractivity contribution in [3.63, 3.8) is 0 Å². The normalized spacial score (nSPS) is 14.2. The average Bonchev–Trinajstić information content (AvgIpc) is 3.34. The minimum absolute atomic E-state index is 0. The number of anilines is 1. The third kappa shape index (κ3) is 5.98. The van der Waals surface area contributed by atoms with Gasteiger partial charge in [-0.05, 0) is 44.2 Å². The lowest BCUT2D eigenvalue weighted by atomic mass is 10.2. The number of halogens is 1. The highest BCUT2D eigenvalue weighted by Crippen LogP contribution is 2.27. The molecule has 5 nitrogen and oxygen atoms in total. The summed E-state index contributed by atoms with van der Waals surface area (Å²) in [6.45, 7) is 8.04. The van der Waals surface area contributed by atoms with Gasteiger partial charge in [0.05, 0.1) is 0 Å². The molecule has 1 saturated carbocycles. The van der Waals surface area contributed by atoms with Crippen LogP contribution < -0.4 is 15.5 Å². The highest BCUT2D eigenvalue weighted by molar-refractivity contribution is 14.0. The Labute approximate surface area is 151 Å². The van der Waals surface area contributed by atoms with Gasteiger partial charge in [0, 0.05) is 39.4 Å². The fourth-order valence-electron chi connectivity index (χ4n) is 2.23. The topological polar surface area (TPSA) is 52.5 Å². The van der Waals surface area contributed by atoms with Gasteiger partial charge in [-0.1, -0.05) is 6.07 Å². The van der Waals surface area contributed by atoms with E-state index in [0.717, 1.165) is 43.9 Å². The Hall–Kier alpha value is -1.05. The molecule has 2 rings (SSSR count). The van der Waals surface area contributed by atoms with Crippen molar-refractivity contribution >= 4 is 35.8 Å². The molecule has 1 aromatic rings. The van der Waals surface area contributed by atoms with Crippen LogP contribution in [-0.4, -0.2) is 37.6 Å². The Morgan fingerprint density at radius 2 is 2.00 bits per heavy atom. The molecule has 0 unspecified atom stereocenters. The molecule has 6 heteroatoms. The number of aliphatic imine (C=N–C) groups is 1. The van der Waals surface area contributed by atoms with Gasteiger partial charge in [-0.3, -0.25) is 4.99 Å². The summed E-state index contributed by atoms with van der Waals surface area (Å²) in [7, 11) is 1.81. The summed E-state index contributed by atoms with van der Waals surface area (Å²) in [4.78, 5) is 11.0. The lowest BCUT2D eigenvalue weighted by molar-refractivity contribution is 0.736. The molecule has 0 radical (unpaired) electrons. The van der Waals surface area contributed by atoms with Gasteiger partial charge < -0.3 is 15.5 Å². The van der Waals surface area contributed by atoms with Gasteiger partial charge in [0.15, 0.2) is 5.96 Å². The first-order valence-corrected chi connectivity index (χ1v) is 7.91. The summed E-state index contributed by atoms with van der Waals surface area (Å²) in [6, 6.07) is 4.21. The van der Waals surface area contributed by atoms with E-state index >= 15 is 0 Å². The van der Waals surface area contributed by atoms with Crippen molar-refractivity contribution in [3.05, 3.63) is 23.9 Å². The lowest BCUT2D eigenvalue weighted by Crippen LogP contribution is -2.37. The van der Waals surface area contributed by atoms with Gasteiger partial charge >= 0.3 is 0 Å². The van der Waals surface area contributed by atoms with Crippen LogP contribution in [0.3, 0.4) is 0 Å². The molecule has 1 aliphatic rings. The van der Waals surface area contributed by atoms with Crippen LogP contribution in [0.15, 0.2) is 23.3 Å². The van der Waals surface area contributed by atoms with Crippen molar-refractivity contribution in [1.29, 1.82) is 0 Å². The molecule has 0 aromatic carbocycles. The monoisotopic (exact) mass is 417 g/mol. The fourth-order valence-corrected chi connectivity index (χ4v) is 2.23. The van der Waals surface area contributed by atoms with Gasteiger partial charge in [0.1, 0.15) is 5.82 Å². The van der Waals surface area contributed by atoms with Crippen molar-refractivity contribution in [2.45, 2.75) is 33.2 Å². The molecular formula is C16H28IN5. The van der Waals surface area contributed by atoms with Gasteiger partial charge in [-0.15, -0.1) is 24.0 Å². The largest absolute Gasteiger partial charge is 0.357 e. The van der Waals surface area contributed by atoms with E-state index in [2.05, 4.69) is 51.5 Å². The van der Waals surface area contributed by atoms with Crippen molar-refractivity contribution < 1.29 is 0 Å². The predicted octanol–water partition coefficient (Wildman–Crippen LogP) is 2.62. The Kier molecular flexibility index (Phi) is 8.52. The summed E-state index contributed by atoms with van der Waals surface area (Å²) < 4.78 is 0. The van der Waals surface area contributed by atoms with Gasteiger partial charge in [0.25, 0.3) is 0 Å². The van der Waals surface area contributed by atoms with Crippen LogP contribution in [0.4, 0.5) is 5.82 Å². The van der Waals surface area contributed by atoms with E-state index in [1.165, 1.54) is 18.4 Å². The number of aromatic nitrogens is 1. The molecule has 0 atom stereocenters. The lowest BCUT2D eigenvalue weighted by Gasteiger charge is -2.19. The van der Waals surface area contributed by atoms with E-state index in [-0.39, 0.29) is 24.0 Å². The van der Waals surface area contributed by atoms with E-state index in [4.69, 9.17) is 0 Å². The number of guanidine groups is 1. The second kappa shape index (κ2) is 9.86. The SMILES string of the molecule is CCN(CC)c1ccc(CNC(=NC)NCC2CC2)cn1.I. The molecule has 1 aliphatic carbocycles. The summed E-state index contributed by atoms with van der Waals surface area (Å²) in [5, 5.41) is 6.69. The van der Waals surface area contributed by atoms with E-state index in [1.807, 2.05) is 13.2 Å². The molecule has 0 spiro atoms. The Morgan fingerprint density at radius 1 is 1.27 bits per heavy atom. The van der Waals surface area contributed by atoms with Crippen LogP contribution in [0, 0.1) is 5.92 Å². The van der Waals surface area contributed by atoms with Crippen molar-refractivity contribution in [2.24, 2.45) is 10.9 Å². The van der Waals surface area contributed by atoms with E-state index < -0.39 is 0 Å². The number of rotatable bonds is 7. The third-order valence-electron chi connectivity index (χ3n) is 3.84. The molecule has 1 heterocycles. The number of hydrogen-bond donors (Lipinski definition) is 2. The van der Waals surface area contributed by atoms with Crippen LogP contribution in [0.1, 0.15) is 32.3 Å². The number of pyridine rings is 1. The Morgan fingerprint density at radius 3 is 2.50 bits per heavy atom. The minimum atomic E-state index is 0. The first kappa shape index (κ1) is 19.0. The first-order chi connectivity index (χ1) is 10.3. The predicted molar refractivity (Wildman–Crippen MR) is 104 cm³/mol. The average molecular weight is 417 g/mol. The number of nitrogens with zero attached hydrogens (tertiary/aromatic N) is 3. The molecule has 0 bridgehead atoms. The minimum Gasteiger partial charge on any atom is -0.357 e. The second-order valence-electron chi connectivity index (χ2n) is 5.45. The molecule has 0 saturated heterocycles. The van der Waals surface area contributed by atoms with Crippen molar-refractivity contribution in [1.82, 2.24) is 15.6 Å². The second-order valence-corrected chi connectivity index (χ2v) is 5.45. The van der Waals surface area contributed by atoms with Gasteiger partial charge in [-0.25, -0.2) is 4.98 Å². The molecule has 0 amide bonds. The van der Waals surface area contributed by atoms with Crippen LogP contribution >= 0.6 is 24.0 Å². The van der Waals surface area contributed by atoms with Gasteiger partial charge in [-0.2, -0.15) is 0 Å². The zero-order chi connectivity index (χ0) is 15.1. The quantitative estimate of drug-likeness (QED) is 0.407.